The normalized spacial score (nSPS) is 19.5. The molecule has 8 heteroatoms. The quantitative estimate of drug-likeness (QED) is 0.481. The fraction of sp³-hybridized carbons (Fsp3) is 0.320. The third-order valence-corrected chi connectivity index (χ3v) is 5.69. The second kappa shape index (κ2) is 10.4. The smallest absolute Gasteiger partial charge is 0.150 e. The van der Waals surface area contributed by atoms with Crippen molar-refractivity contribution in [3.8, 4) is 28.7 Å². The van der Waals surface area contributed by atoms with Crippen LogP contribution in [-0.4, -0.2) is 56.9 Å². The lowest BCUT2D eigenvalue weighted by Gasteiger charge is -2.17. The molecule has 1 fully saturated rings. The Kier molecular flexibility index (Phi) is 7.33. The van der Waals surface area contributed by atoms with Crippen molar-refractivity contribution in [2.24, 2.45) is 0 Å². The highest BCUT2D eigenvalue weighted by atomic mass is 35.5. The number of aliphatic hydroxyl groups excluding tert-OH is 3. The largest absolute Gasteiger partial charge is 0.484 e. The number of hydrogen-bond donors (Lipinski definition) is 3. The van der Waals surface area contributed by atoms with E-state index in [0.717, 1.165) is 16.7 Å². The molecule has 33 heavy (non-hydrogen) atoms. The van der Waals surface area contributed by atoms with E-state index in [1.165, 1.54) is 0 Å². The van der Waals surface area contributed by atoms with Crippen LogP contribution in [0.3, 0.4) is 0 Å². The van der Waals surface area contributed by atoms with Crippen molar-refractivity contribution in [3.63, 3.8) is 0 Å². The van der Waals surface area contributed by atoms with Crippen molar-refractivity contribution in [1.29, 1.82) is 0 Å². The van der Waals surface area contributed by atoms with Crippen molar-refractivity contribution in [2.75, 3.05) is 19.8 Å². The van der Waals surface area contributed by atoms with Crippen LogP contribution in [-0.2, 0) is 4.74 Å². The molecular formula is C25H25ClN2O5. The van der Waals surface area contributed by atoms with E-state index in [0.29, 0.717) is 23.2 Å². The van der Waals surface area contributed by atoms with Gasteiger partial charge in [0.2, 0.25) is 0 Å². The minimum atomic E-state index is -0.754. The summed E-state index contributed by atoms with van der Waals surface area (Å²) in [7, 11) is 0. The second-order valence-electron chi connectivity index (χ2n) is 7.82. The zero-order valence-electron chi connectivity index (χ0n) is 18.1. The Balaban J connectivity index is 1.47. The molecule has 4 rings (SSSR count). The van der Waals surface area contributed by atoms with Gasteiger partial charge in [0.25, 0.3) is 0 Å². The molecule has 4 atom stereocenters. The summed E-state index contributed by atoms with van der Waals surface area (Å²) in [5, 5.41) is 29.9. The molecule has 3 N–H and O–H groups in total. The van der Waals surface area contributed by atoms with E-state index in [4.69, 9.17) is 21.1 Å². The molecule has 2 aromatic carbocycles. The Labute approximate surface area is 197 Å². The van der Waals surface area contributed by atoms with E-state index >= 15 is 0 Å². The van der Waals surface area contributed by atoms with Crippen LogP contribution in [0.4, 0.5) is 0 Å². The minimum absolute atomic E-state index is 0.196. The molecule has 0 spiro atoms. The van der Waals surface area contributed by atoms with Gasteiger partial charge >= 0.3 is 0 Å². The summed E-state index contributed by atoms with van der Waals surface area (Å²) in [5.74, 6) is 7.07. The number of halogens is 1. The van der Waals surface area contributed by atoms with Crippen molar-refractivity contribution in [2.45, 2.75) is 31.3 Å². The van der Waals surface area contributed by atoms with Gasteiger partial charge in [0.15, 0.2) is 0 Å². The maximum Gasteiger partial charge on any atom is 0.150 e. The summed E-state index contributed by atoms with van der Waals surface area (Å²) in [6.07, 6.45) is 1.43. The maximum atomic E-state index is 9.85. The lowest BCUT2D eigenvalue weighted by Crippen LogP contribution is -2.29. The first-order valence-electron chi connectivity index (χ1n) is 10.6. The van der Waals surface area contributed by atoms with E-state index in [9.17, 15) is 15.3 Å². The Morgan fingerprint density at radius 2 is 1.97 bits per heavy atom. The lowest BCUT2D eigenvalue weighted by atomic mass is 10.0. The number of nitrogens with zero attached hydrogens (tertiary/aromatic N) is 2. The van der Waals surface area contributed by atoms with Crippen LogP contribution in [0.25, 0.3) is 11.1 Å². The van der Waals surface area contributed by atoms with E-state index in [-0.39, 0.29) is 13.2 Å². The van der Waals surface area contributed by atoms with Crippen LogP contribution in [0.15, 0.2) is 54.9 Å². The molecule has 0 radical (unpaired) electrons. The average molecular weight is 469 g/mol. The van der Waals surface area contributed by atoms with Crippen molar-refractivity contribution < 1.29 is 24.8 Å². The molecule has 0 saturated carbocycles. The van der Waals surface area contributed by atoms with Gasteiger partial charge in [0.05, 0.1) is 24.8 Å². The highest BCUT2D eigenvalue weighted by Gasteiger charge is 2.28. The van der Waals surface area contributed by atoms with Gasteiger partial charge in [0.1, 0.15) is 35.9 Å². The number of aromatic nitrogens is 2. The fourth-order valence-electron chi connectivity index (χ4n) is 3.60. The zero-order chi connectivity index (χ0) is 23.4. The molecule has 0 aliphatic carbocycles. The Bertz CT molecular complexity index is 1150. The zero-order valence-corrected chi connectivity index (χ0v) is 18.8. The SMILES string of the molecule is C[C@H](O)c1nccn1[C@@H](C#Cc1ccc(-c2ccc(O[C@@H]3COC[C@H]3O)c(Cl)c2)cc1)CO. The highest BCUT2D eigenvalue weighted by Crippen LogP contribution is 2.32. The van der Waals surface area contributed by atoms with E-state index in [1.807, 2.05) is 36.4 Å². The highest BCUT2D eigenvalue weighted by molar-refractivity contribution is 6.32. The molecule has 1 aliphatic rings. The second-order valence-corrected chi connectivity index (χ2v) is 8.23. The van der Waals surface area contributed by atoms with Gasteiger partial charge in [-0.25, -0.2) is 4.98 Å². The van der Waals surface area contributed by atoms with Crippen LogP contribution in [0.1, 0.15) is 30.5 Å². The first-order chi connectivity index (χ1) is 16.0. The summed E-state index contributed by atoms with van der Waals surface area (Å²) in [5.41, 5.74) is 2.67. The van der Waals surface area contributed by atoms with Gasteiger partial charge in [-0.05, 0) is 42.3 Å². The molecule has 172 valence electrons. The molecule has 3 aromatic rings. The molecule has 1 aromatic heterocycles. The maximum absolute atomic E-state index is 9.85. The van der Waals surface area contributed by atoms with E-state index < -0.39 is 24.4 Å². The summed E-state index contributed by atoms with van der Waals surface area (Å²) >= 11 is 6.40. The van der Waals surface area contributed by atoms with Crippen LogP contribution < -0.4 is 4.74 Å². The third kappa shape index (κ3) is 5.38. The molecule has 2 heterocycles. The number of benzene rings is 2. The van der Waals surface area contributed by atoms with E-state index in [2.05, 4.69) is 16.8 Å². The first-order valence-corrected chi connectivity index (χ1v) is 11.0. The first kappa shape index (κ1) is 23.3. The van der Waals surface area contributed by atoms with Crippen molar-refractivity contribution in [1.82, 2.24) is 9.55 Å². The predicted molar refractivity (Wildman–Crippen MR) is 124 cm³/mol. The van der Waals surface area contributed by atoms with Crippen molar-refractivity contribution in [3.05, 3.63) is 71.3 Å². The third-order valence-electron chi connectivity index (χ3n) is 5.39. The van der Waals surface area contributed by atoms with Crippen molar-refractivity contribution >= 4 is 11.6 Å². The Hall–Kier alpha value is -2.86. The van der Waals surface area contributed by atoms with E-state index in [1.54, 1.807) is 30.0 Å². The van der Waals surface area contributed by atoms with Gasteiger partial charge in [0, 0.05) is 18.0 Å². The monoisotopic (exact) mass is 468 g/mol. The molecule has 1 saturated heterocycles. The van der Waals surface area contributed by atoms with Crippen LogP contribution in [0.5, 0.6) is 5.75 Å². The van der Waals surface area contributed by atoms with Gasteiger partial charge in [-0.3, -0.25) is 0 Å². The van der Waals surface area contributed by atoms with Gasteiger partial charge in [-0.2, -0.15) is 0 Å². The summed E-state index contributed by atoms with van der Waals surface area (Å²) in [6, 6.07) is 12.7. The van der Waals surface area contributed by atoms with Crippen LogP contribution in [0.2, 0.25) is 5.02 Å². The predicted octanol–water partition coefficient (Wildman–Crippen LogP) is 2.98. The average Bonchev–Trinajstić information content (AvgIpc) is 3.46. The molecule has 0 unspecified atom stereocenters. The molecular weight excluding hydrogens is 444 g/mol. The lowest BCUT2D eigenvalue weighted by molar-refractivity contribution is 0.0734. The van der Waals surface area contributed by atoms with Gasteiger partial charge in [-0.1, -0.05) is 41.6 Å². The standard InChI is InChI=1S/C25H25ClN2O5/c1-16(30)25-27-10-11-28(25)20(13-29)8-4-17-2-5-18(6-3-17)19-7-9-23(21(26)12-19)33-24-15-32-14-22(24)31/h2-3,5-7,9-12,16,20,22,24,29-31H,13-15H2,1H3/t16-,20-,22+,24+/m0/s1. The Morgan fingerprint density at radius 1 is 1.21 bits per heavy atom. The topological polar surface area (TPSA) is 97.0 Å². The summed E-state index contributed by atoms with van der Waals surface area (Å²) in [6.45, 7) is 2.02. The summed E-state index contributed by atoms with van der Waals surface area (Å²) in [4.78, 5) is 4.13. The van der Waals surface area contributed by atoms with Crippen LogP contribution in [0, 0.1) is 11.8 Å². The molecule has 7 nitrogen and oxygen atoms in total. The number of ether oxygens (including phenoxy) is 2. The molecule has 0 amide bonds. The van der Waals surface area contributed by atoms with Gasteiger partial charge < -0.3 is 29.4 Å². The van der Waals surface area contributed by atoms with Crippen LogP contribution >= 0.6 is 11.6 Å². The number of aliphatic hydroxyl groups is 3. The van der Waals surface area contributed by atoms with Gasteiger partial charge in [-0.15, -0.1) is 0 Å². The number of rotatable bonds is 6. The number of imidazole rings is 1. The molecule has 1 aliphatic heterocycles. The fourth-order valence-corrected chi connectivity index (χ4v) is 3.83. The molecule has 0 bridgehead atoms. The number of hydrogen-bond acceptors (Lipinski definition) is 6. The summed E-state index contributed by atoms with van der Waals surface area (Å²) < 4.78 is 12.7. The minimum Gasteiger partial charge on any atom is -0.484 e. The Morgan fingerprint density at radius 3 is 2.61 bits per heavy atom.